The second-order valence-electron chi connectivity index (χ2n) is 2.72. The molecule has 0 spiro atoms. The molecule has 0 aromatic rings. The van der Waals surface area contributed by atoms with Crippen LogP contribution in [0.3, 0.4) is 0 Å². The first-order valence-corrected chi connectivity index (χ1v) is 3.70. The van der Waals surface area contributed by atoms with Crippen LogP contribution in [-0.4, -0.2) is 41.5 Å². The summed E-state index contributed by atoms with van der Waals surface area (Å²) < 4.78 is 0. The molecule has 6 nitrogen and oxygen atoms in total. The molecule has 6 heteroatoms. The van der Waals surface area contributed by atoms with E-state index in [0.717, 1.165) is 11.4 Å². The van der Waals surface area contributed by atoms with Gasteiger partial charge in [0.25, 0.3) is 0 Å². The quantitative estimate of drug-likeness (QED) is 0.391. The normalized spacial score (nSPS) is 18.2. The van der Waals surface area contributed by atoms with Crippen LogP contribution in [0.15, 0.2) is 0 Å². The Kier molecular flexibility index (Phi) is 2.49. The van der Waals surface area contributed by atoms with Crippen molar-refractivity contribution in [3.8, 4) is 0 Å². The number of hydrogen-bond acceptors (Lipinski definition) is 3. The SMILES string of the molecule is NC(=O)CN1CCCN(N)C1=O. The number of amides is 3. The molecule has 3 amide bonds. The van der Waals surface area contributed by atoms with Crippen molar-refractivity contribution in [1.82, 2.24) is 9.91 Å². The molecule has 68 valence electrons. The van der Waals surface area contributed by atoms with Crippen LogP contribution in [0.2, 0.25) is 0 Å². The van der Waals surface area contributed by atoms with Gasteiger partial charge in [0.15, 0.2) is 0 Å². The molecule has 1 rings (SSSR count). The van der Waals surface area contributed by atoms with Crippen LogP contribution in [0, 0.1) is 0 Å². The lowest BCUT2D eigenvalue weighted by Gasteiger charge is -2.31. The van der Waals surface area contributed by atoms with E-state index in [1.165, 1.54) is 4.90 Å². The average molecular weight is 172 g/mol. The van der Waals surface area contributed by atoms with Crippen LogP contribution in [0.1, 0.15) is 6.42 Å². The Bertz CT molecular complexity index is 206. The molecule has 1 fully saturated rings. The minimum atomic E-state index is -0.515. The molecule has 0 unspecified atom stereocenters. The average Bonchev–Trinajstić information content (AvgIpc) is 1.98. The van der Waals surface area contributed by atoms with Gasteiger partial charge in [0.05, 0.1) is 0 Å². The third kappa shape index (κ3) is 1.85. The Morgan fingerprint density at radius 2 is 2.17 bits per heavy atom. The second-order valence-corrected chi connectivity index (χ2v) is 2.72. The standard InChI is InChI=1S/C6H12N4O2/c7-5(11)4-9-2-1-3-10(8)6(9)12/h1-4,8H2,(H2,7,11). The maximum Gasteiger partial charge on any atom is 0.334 e. The summed E-state index contributed by atoms with van der Waals surface area (Å²) >= 11 is 0. The zero-order valence-corrected chi connectivity index (χ0v) is 6.69. The highest BCUT2D eigenvalue weighted by atomic mass is 16.2. The van der Waals surface area contributed by atoms with E-state index in [0.29, 0.717) is 13.1 Å². The predicted octanol–water partition coefficient (Wildman–Crippen LogP) is -1.53. The Hall–Kier alpha value is -1.30. The number of nitrogens with zero attached hydrogens (tertiary/aromatic N) is 2. The van der Waals surface area contributed by atoms with Crippen LogP contribution in [-0.2, 0) is 4.79 Å². The highest BCUT2D eigenvalue weighted by Crippen LogP contribution is 2.03. The van der Waals surface area contributed by atoms with Gasteiger partial charge >= 0.3 is 6.03 Å². The number of hydrogen-bond donors (Lipinski definition) is 2. The van der Waals surface area contributed by atoms with Crippen molar-refractivity contribution in [2.24, 2.45) is 11.6 Å². The fourth-order valence-electron chi connectivity index (χ4n) is 1.14. The van der Waals surface area contributed by atoms with Gasteiger partial charge in [-0.2, -0.15) is 0 Å². The molecule has 0 saturated carbocycles. The number of carbonyl (C=O) groups excluding carboxylic acids is 2. The fraction of sp³-hybridized carbons (Fsp3) is 0.667. The van der Waals surface area contributed by atoms with Gasteiger partial charge in [0.2, 0.25) is 5.91 Å². The van der Waals surface area contributed by atoms with Gasteiger partial charge in [-0.25, -0.2) is 10.6 Å². The van der Waals surface area contributed by atoms with Crippen molar-refractivity contribution >= 4 is 11.9 Å². The molecule has 0 bridgehead atoms. The molecule has 12 heavy (non-hydrogen) atoms. The highest BCUT2D eigenvalue weighted by Gasteiger charge is 2.23. The second kappa shape index (κ2) is 3.40. The maximum atomic E-state index is 11.2. The van der Waals surface area contributed by atoms with Crippen molar-refractivity contribution in [2.45, 2.75) is 6.42 Å². The summed E-state index contributed by atoms with van der Waals surface area (Å²) in [7, 11) is 0. The molecule has 0 atom stereocenters. The first-order valence-electron chi connectivity index (χ1n) is 3.70. The van der Waals surface area contributed by atoms with E-state index in [9.17, 15) is 9.59 Å². The Balaban J connectivity index is 2.52. The zero-order chi connectivity index (χ0) is 9.14. The van der Waals surface area contributed by atoms with Gasteiger partial charge in [0, 0.05) is 13.1 Å². The third-order valence-corrected chi connectivity index (χ3v) is 1.69. The fourth-order valence-corrected chi connectivity index (χ4v) is 1.14. The van der Waals surface area contributed by atoms with Crippen LogP contribution < -0.4 is 11.6 Å². The van der Waals surface area contributed by atoms with Crippen LogP contribution in [0.4, 0.5) is 4.79 Å². The highest BCUT2D eigenvalue weighted by molar-refractivity contribution is 5.83. The summed E-state index contributed by atoms with van der Waals surface area (Å²) in [5.41, 5.74) is 4.94. The summed E-state index contributed by atoms with van der Waals surface area (Å²) in [6.07, 6.45) is 0.773. The maximum absolute atomic E-state index is 11.2. The summed E-state index contributed by atoms with van der Waals surface area (Å²) in [4.78, 5) is 23.0. The van der Waals surface area contributed by atoms with Gasteiger partial charge in [-0.05, 0) is 6.42 Å². The first-order chi connectivity index (χ1) is 5.61. The van der Waals surface area contributed by atoms with E-state index in [1.807, 2.05) is 0 Å². The summed E-state index contributed by atoms with van der Waals surface area (Å²) in [5.74, 6) is 4.82. The molecular formula is C6H12N4O2. The topological polar surface area (TPSA) is 92.7 Å². The summed E-state index contributed by atoms with van der Waals surface area (Å²) in [6, 6.07) is -0.333. The molecule has 1 saturated heterocycles. The van der Waals surface area contributed by atoms with Crippen molar-refractivity contribution in [1.29, 1.82) is 0 Å². The van der Waals surface area contributed by atoms with E-state index in [4.69, 9.17) is 11.6 Å². The molecule has 0 radical (unpaired) electrons. The predicted molar refractivity (Wildman–Crippen MR) is 41.7 cm³/mol. The molecule has 1 heterocycles. The smallest absolute Gasteiger partial charge is 0.334 e. The van der Waals surface area contributed by atoms with Crippen molar-refractivity contribution in [3.63, 3.8) is 0 Å². The lowest BCUT2D eigenvalue weighted by Crippen LogP contribution is -2.54. The van der Waals surface area contributed by atoms with E-state index in [1.54, 1.807) is 0 Å². The molecule has 0 aromatic heterocycles. The molecular weight excluding hydrogens is 160 g/mol. The number of hydrazine groups is 1. The van der Waals surface area contributed by atoms with Gasteiger partial charge in [-0.15, -0.1) is 0 Å². The first kappa shape index (κ1) is 8.79. The number of primary amides is 1. The van der Waals surface area contributed by atoms with Crippen LogP contribution in [0.5, 0.6) is 0 Å². The number of urea groups is 1. The Morgan fingerprint density at radius 3 is 2.75 bits per heavy atom. The lowest BCUT2D eigenvalue weighted by molar-refractivity contribution is -0.118. The summed E-state index contributed by atoms with van der Waals surface area (Å²) in [6.45, 7) is 1.04. The molecule has 1 aliphatic rings. The monoisotopic (exact) mass is 172 g/mol. The largest absolute Gasteiger partial charge is 0.368 e. The van der Waals surface area contributed by atoms with E-state index in [-0.39, 0.29) is 12.6 Å². The molecule has 4 N–H and O–H groups in total. The van der Waals surface area contributed by atoms with E-state index in [2.05, 4.69) is 0 Å². The molecule has 0 aliphatic carbocycles. The minimum Gasteiger partial charge on any atom is -0.368 e. The van der Waals surface area contributed by atoms with E-state index < -0.39 is 5.91 Å². The molecule has 1 aliphatic heterocycles. The number of carbonyl (C=O) groups is 2. The van der Waals surface area contributed by atoms with E-state index >= 15 is 0 Å². The van der Waals surface area contributed by atoms with Crippen molar-refractivity contribution < 1.29 is 9.59 Å². The Labute approximate surface area is 70.1 Å². The van der Waals surface area contributed by atoms with Crippen LogP contribution in [0.25, 0.3) is 0 Å². The van der Waals surface area contributed by atoms with Gasteiger partial charge in [-0.1, -0.05) is 0 Å². The zero-order valence-electron chi connectivity index (χ0n) is 6.69. The van der Waals surface area contributed by atoms with Gasteiger partial charge < -0.3 is 10.6 Å². The van der Waals surface area contributed by atoms with Crippen molar-refractivity contribution in [3.05, 3.63) is 0 Å². The van der Waals surface area contributed by atoms with Gasteiger partial charge in [-0.3, -0.25) is 9.80 Å². The Morgan fingerprint density at radius 1 is 1.50 bits per heavy atom. The lowest BCUT2D eigenvalue weighted by atomic mass is 10.3. The van der Waals surface area contributed by atoms with Crippen molar-refractivity contribution in [2.75, 3.05) is 19.6 Å². The number of rotatable bonds is 2. The van der Waals surface area contributed by atoms with Gasteiger partial charge in [0.1, 0.15) is 6.54 Å². The van der Waals surface area contributed by atoms with Crippen LogP contribution >= 0.6 is 0 Å². The third-order valence-electron chi connectivity index (χ3n) is 1.69. The summed E-state index contributed by atoms with van der Waals surface area (Å²) in [5, 5.41) is 1.09. The number of nitrogens with two attached hydrogens (primary N) is 2. The molecule has 0 aromatic carbocycles. The minimum absolute atomic E-state index is 0.0491.